The molecule has 0 spiro atoms. The van der Waals surface area contributed by atoms with Gasteiger partial charge in [0, 0.05) is 19.7 Å². The smallest absolute Gasteiger partial charge is 0.161 e. The second-order valence-electron chi connectivity index (χ2n) is 5.51. The zero-order valence-electron chi connectivity index (χ0n) is 12.8. The molecule has 1 atom stereocenters. The lowest BCUT2D eigenvalue weighted by Gasteiger charge is -2.22. The van der Waals surface area contributed by atoms with Crippen molar-refractivity contribution in [1.29, 1.82) is 0 Å². The average Bonchev–Trinajstić information content (AvgIpc) is 2.94. The number of aliphatic hydroxyl groups is 1. The molecule has 0 bridgehead atoms. The van der Waals surface area contributed by atoms with Gasteiger partial charge < -0.3 is 15.7 Å². The van der Waals surface area contributed by atoms with E-state index in [2.05, 4.69) is 28.9 Å². The maximum atomic E-state index is 9.09. The second-order valence-corrected chi connectivity index (χ2v) is 5.95. The van der Waals surface area contributed by atoms with Crippen LogP contribution in [0.2, 0.25) is 0 Å². The number of aliphatic hydroxyl groups excluding tert-OH is 1. The molecule has 0 saturated carbocycles. The van der Waals surface area contributed by atoms with Crippen LogP contribution >= 0.6 is 12.2 Å². The minimum atomic E-state index is 0.237. The predicted molar refractivity (Wildman–Crippen MR) is 88.7 cm³/mol. The van der Waals surface area contributed by atoms with Crippen molar-refractivity contribution in [2.75, 3.05) is 24.6 Å². The molecule has 0 radical (unpaired) electrons. The summed E-state index contributed by atoms with van der Waals surface area (Å²) in [6.45, 7) is 6.21. The molecule has 2 rings (SSSR count). The minimum absolute atomic E-state index is 0.237. The first-order valence-electron chi connectivity index (χ1n) is 7.66. The molecule has 0 aromatic carbocycles. The minimum Gasteiger partial charge on any atom is -0.396 e. The van der Waals surface area contributed by atoms with E-state index >= 15 is 0 Å². The van der Waals surface area contributed by atoms with Gasteiger partial charge >= 0.3 is 0 Å². The first-order chi connectivity index (χ1) is 10.1. The van der Waals surface area contributed by atoms with Crippen LogP contribution in [0.1, 0.15) is 43.5 Å². The Morgan fingerprint density at radius 3 is 2.71 bits per heavy atom. The summed E-state index contributed by atoms with van der Waals surface area (Å²) < 4.78 is 0. The third-order valence-corrected chi connectivity index (χ3v) is 4.40. The van der Waals surface area contributed by atoms with E-state index in [-0.39, 0.29) is 6.61 Å². The zero-order chi connectivity index (χ0) is 15.4. The van der Waals surface area contributed by atoms with Crippen molar-refractivity contribution in [3.05, 3.63) is 16.8 Å². The molecular weight excluding hydrogens is 284 g/mol. The van der Waals surface area contributed by atoms with Gasteiger partial charge in [-0.1, -0.05) is 26.1 Å². The van der Waals surface area contributed by atoms with Crippen LogP contribution in [0.4, 0.5) is 5.82 Å². The summed E-state index contributed by atoms with van der Waals surface area (Å²) in [7, 11) is 0. The van der Waals surface area contributed by atoms with Crippen LogP contribution in [0.25, 0.3) is 0 Å². The Hall–Kier alpha value is -1.27. The standard InChI is InChI=1S/C15H24N4OS/c1-3-11-12(4-2)17-18-15(13(11)14(16)21)19-7-5-10(9-19)6-8-20/h10,20H,3-9H2,1-2H3,(H2,16,21). The first kappa shape index (κ1) is 16.1. The summed E-state index contributed by atoms with van der Waals surface area (Å²) >= 11 is 5.27. The van der Waals surface area contributed by atoms with Crippen LogP contribution in [0.15, 0.2) is 0 Å². The van der Waals surface area contributed by atoms with Crippen LogP contribution in [-0.2, 0) is 12.8 Å². The Morgan fingerprint density at radius 1 is 1.38 bits per heavy atom. The number of nitrogens with two attached hydrogens (primary N) is 1. The van der Waals surface area contributed by atoms with Gasteiger partial charge in [-0.25, -0.2) is 0 Å². The Morgan fingerprint density at radius 2 is 2.14 bits per heavy atom. The van der Waals surface area contributed by atoms with E-state index in [9.17, 15) is 0 Å². The topological polar surface area (TPSA) is 75.3 Å². The lowest BCUT2D eigenvalue weighted by molar-refractivity contribution is 0.263. The highest BCUT2D eigenvalue weighted by Crippen LogP contribution is 2.29. The molecule has 1 aliphatic heterocycles. The average molecular weight is 308 g/mol. The quantitative estimate of drug-likeness (QED) is 0.775. The summed E-state index contributed by atoms with van der Waals surface area (Å²) in [6, 6.07) is 0. The van der Waals surface area contributed by atoms with Crippen molar-refractivity contribution in [2.24, 2.45) is 11.7 Å². The van der Waals surface area contributed by atoms with Gasteiger partial charge in [0.2, 0.25) is 0 Å². The van der Waals surface area contributed by atoms with Crippen molar-refractivity contribution in [3.8, 4) is 0 Å². The Bertz CT molecular complexity index is 521. The number of nitrogens with zero attached hydrogens (tertiary/aromatic N) is 3. The van der Waals surface area contributed by atoms with Gasteiger partial charge in [-0.2, -0.15) is 5.10 Å². The van der Waals surface area contributed by atoms with Crippen LogP contribution in [0.3, 0.4) is 0 Å². The summed E-state index contributed by atoms with van der Waals surface area (Å²) in [5.41, 5.74) is 8.97. The molecule has 1 aromatic heterocycles. The molecule has 6 heteroatoms. The maximum Gasteiger partial charge on any atom is 0.161 e. The van der Waals surface area contributed by atoms with E-state index in [1.807, 2.05) is 0 Å². The predicted octanol–water partition coefficient (Wildman–Crippen LogP) is 1.44. The highest BCUT2D eigenvalue weighted by atomic mass is 32.1. The van der Waals surface area contributed by atoms with Gasteiger partial charge in [-0.3, -0.25) is 0 Å². The van der Waals surface area contributed by atoms with Gasteiger partial charge in [0.25, 0.3) is 0 Å². The van der Waals surface area contributed by atoms with E-state index in [1.165, 1.54) is 0 Å². The molecule has 1 saturated heterocycles. The molecule has 3 N–H and O–H groups in total. The van der Waals surface area contributed by atoms with E-state index in [0.29, 0.717) is 10.9 Å². The fourth-order valence-electron chi connectivity index (χ4n) is 3.09. The number of hydrogen-bond acceptors (Lipinski definition) is 5. The molecule has 1 aromatic rings. The van der Waals surface area contributed by atoms with Crippen molar-refractivity contribution < 1.29 is 5.11 Å². The number of aromatic nitrogens is 2. The molecule has 2 heterocycles. The van der Waals surface area contributed by atoms with E-state index in [4.69, 9.17) is 23.1 Å². The number of rotatable bonds is 6. The third kappa shape index (κ3) is 3.32. The number of hydrogen-bond donors (Lipinski definition) is 2. The van der Waals surface area contributed by atoms with E-state index < -0.39 is 0 Å². The maximum absolute atomic E-state index is 9.09. The van der Waals surface area contributed by atoms with Crippen molar-refractivity contribution in [3.63, 3.8) is 0 Å². The lowest BCUT2D eigenvalue weighted by atomic mass is 10.0. The zero-order valence-corrected chi connectivity index (χ0v) is 13.6. The fourth-order valence-corrected chi connectivity index (χ4v) is 3.30. The molecule has 1 aliphatic rings. The third-order valence-electron chi connectivity index (χ3n) is 4.20. The lowest BCUT2D eigenvalue weighted by Crippen LogP contribution is -2.27. The normalized spacial score (nSPS) is 18.2. The summed E-state index contributed by atoms with van der Waals surface area (Å²) in [5.74, 6) is 1.32. The Labute approximate surface area is 131 Å². The van der Waals surface area contributed by atoms with Crippen molar-refractivity contribution >= 4 is 23.0 Å². The second kappa shape index (κ2) is 7.13. The molecule has 0 amide bonds. The molecule has 116 valence electrons. The number of aryl methyl sites for hydroxylation is 1. The SMILES string of the molecule is CCc1nnc(N2CCC(CCO)C2)c(C(N)=S)c1CC. The Balaban J connectivity index is 2.38. The molecular formula is C15H24N4OS. The Kier molecular flexibility index (Phi) is 5.47. The fraction of sp³-hybridized carbons (Fsp3) is 0.667. The van der Waals surface area contributed by atoms with Crippen LogP contribution < -0.4 is 10.6 Å². The van der Waals surface area contributed by atoms with Gasteiger partial charge in [0.1, 0.15) is 4.99 Å². The van der Waals surface area contributed by atoms with Gasteiger partial charge in [-0.15, -0.1) is 5.10 Å². The molecule has 1 fully saturated rings. The summed E-state index contributed by atoms with van der Waals surface area (Å²) in [6.07, 6.45) is 3.58. The van der Waals surface area contributed by atoms with Gasteiger partial charge in [-0.05, 0) is 37.2 Å². The monoisotopic (exact) mass is 308 g/mol. The van der Waals surface area contributed by atoms with Gasteiger partial charge in [0.15, 0.2) is 5.82 Å². The van der Waals surface area contributed by atoms with E-state index in [1.54, 1.807) is 0 Å². The highest BCUT2D eigenvalue weighted by molar-refractivity contribution is 7.80. The summed E-state index contributed by atoms with van der Waals surface area (Å²) in [4.78, 5) is 2.61. The van der Waals surface area contributed by atoms with Crippen LogP contribution in [0.5, 0.6) is 0 Å². The molecule has 21 heavy (non-hydrogen) atoms. The van der Waals surface area contributed by atoms with Gasteiger partial charge in [0.05, 0.1) is 11.3 Å². The highest BCUT2D eigenvalue weighted by Gasteiger charge is 2.27. The van der Waals surface area contributed by atoms with Crippen molar-refractivity contribution in [2.45, 2.75) is 39.5 Å². The number of anilines is 1. The molecule has 1 unspecified atom stereocenters. The number of thiocarbonyl (C=S) groups is 1. The van der Waals surface area contributed by atoms with E-state index in [0.717, 1.165) is 61.4 Å². The van der Waals surface area contributed by atoms with Crippen LogP contribution in [-0.4, -0.2) is 40.0 Å². The van der Waals surface area contributed by atoms with Crippen LogP contribution in [0, 0.1) is 5.92 Å². The molecule has 0 aliphatic carbocycles. The summed E-state index contributed by atoms with van der Waals surface area (Å²) in [5, 5.41) is 17.9. The largest absolute Gasteiger partial charge is 0.396 e. The van der Waals surface area contributed by atoms with Crippen molar-refractivity contribution in [1.82, 2.24) is 10.2 Å². The molecule has 5 nitrogen and oxygen atoms in total. The first-order valence-corrected chi connectivity index (χ1v) is 8.07.